The van der Waals surface area contributed by atoms with Gasteiger partial charge in [-0.1, -0.05) is 34.7 Å². The molecular formula is C21H26N6O2. The first-order chi connectivity index (χ1) is 13.9. The van der Waals surface area contributed by atoms with Gasteiger partial charge in [-0.3, -0.25) is 19.6 Å². The minimum Gasteiger partial charge on any atom is -0.294 e. The van der Waals surface area contributed by atoms with E-state index in [1.54, 1.807) is 46.4 Å². The predicted octanol–water partition coefficient (Wildman–Crippen LogP) is 5.04. The number of rotatable bonds is 10. The summed E-state index contributed by atoms with van der Waals surface area (Å²) in [6.45, 7) is 4.35. The molecule has 2 aromatic rings. The molecule has 0 atom stereocenters. The number of hydrogen-bond donors (Lipinski definition) is 0. The lowest BCUT2D eigenvalue weighted by Gasteiger charge is -2.14. The maximum Gasteiger partial charge on any atom is 0.162 e. The van der Waals surface area contributed by atoms with Gasteiger partial charge in [-0.2, -0.15) is 0 Å². The number of hydrogen-bond acceptors (Lipinski definition) is 6. The van der Waals surface area contributed by atoms with Crippen LogP contribution in [-0.2, 0) is 0 Å². The van der Waals surface area contributed by atoms with Crippen LogP contribution >= 0.6 is 0 Å². The molecule has 2 rings (SSSR count). The number of ketones is 2. The zero-order valence-electron chi connectivity index (χ0n) is 17.2. The van der Waals surface area contributed by atoms with Gasteiger partial charge in [0.25, 0.3) is 0 Å². The standard InChI is InChI=1S/C21H26N6O2/c1-16(28)18-10-5-7-12-20(18)22-24-26(3)14-9-15-27(4)25-23-21-13-8-6-11-19(21)17(2)29/h5-8,10-13H,9,14-15H2,1-4H3. The van der Waals surface area contributed by atoms with Crippen molar-refractivity contribution in [1.29, 1.82) is 0 Å². The minimum atomic E-state index is -0.0412. The summed E-state index contributed by atoms with van der Waals surface area (Å²) in [7, 11) is 3.65. The van der Waals surface area contributed by atoms with Gasteiger partial charge in [0.15, 0.2) is 11.6 Å². The zero-order chi connectivity index (χ0) is 21.2. The van der Waals surface area contributed by atoms with Crippen LogP contribution < -0.4 is 0 Å². The van der Waals surface area contributed by atoms with Crippen LogP contribution in [0.3, 0.4) is 0 Å². The largest absolute Gasteiger partial charge is 0.294 e. The van der Waals surface area contributed by atoms with E-state index in [0.29, 0.717) is 35.6 Å². The highest BCUT2D eigenvalue weighted by Gasteiger charge is 2.07. The summed E-state index contributed by atoms with van der Waals surface area (Å²) < 4.78 is 0. The first kappa shape index (κ1) is 21.9. The van der Waals surface area contributed by atoms with Crippen molar-refractivity contribution in [2.75, 3.05) is 27.2 Å². The molecule has 2 aromatic carbocycles. The molecule has 152 valence electrons. The Hall–Kier alpha value is -3.42. The van der Waals surface area contributed by atoms with Crippen molar-refractivity contribution < 1.29 is 9.59 Å². The Morgan fingerprint density at radius 2 is 1.10 bits per heavy atom. The highest BCUT2D eigenvalue weighted by molar-refractivity contribution is 5.99. The van der Waals surface area contributed by atoms with Crippen LogP contribution in [0, 0.1) is 0 Å². The molecule has 0 fully saturated rings. The van der Waals surface area contributed by atoms with Crippen LogP contribution in [0.15, 0.2) is 69.2 Å². The molecule has 0 unspecified atom stereocenters. The molecular weight excluding hydrogens is 368 g/mol. The topological polar surface area (TPSA) is 90.1 Å². The smallest absolute Gasteiger partial charge is 0.162 e. The molecule has 0 aliphatic heterocycles. The molecule has 0 aliphatic rings. The lowest BCUT2D eigenvalue weighted by Crippen LogP contribution is -2.19. The van der Waals surface area contributed by atoms with Crippen LogP contribution in [-0.4, -0.2) is 48.8 Å². The summed E-state index contributed by atoms with van der Waals surface area (Å²) in [4.78, 5) is 23.2. The van der Waals surface area contributed by atoms with Crippen LogP contribution in [0.5, 0.6) is 0 Å². The van der Waals surface area contributed by atoms with Gasteiger partial charge >= 0.3 is 0 Å². The Bertz CT molecular complexity index is 836. The average Bonchev–Trinajstić information content (AvgIpc) is 2.71. The van der Waals surface area contributed by atoms with E-state index in [0.717, 1.165) is 6.42 Å². The maximum absolute atomic E-state index is 11.6. The fraction of sp³-hybridized carbons (Fsp3) is 0.333. The Morgan fingerprint density at radius 3 is 1.48 bits per heavy atom. The molecule has 8 nitrogen and oxygen atoms in total. The summed E-state index contributed by atoms with van der Waals surface area (Å²) in [5.74, 6) is -0.0823. The number of Topliss-reactive ketones (excluding diaryl/α,β-unsaturated/α-hetero) is 2. The Morgan fingerprint density at radius 1 is 0.724 bits per heavy atom. The molecule has 0 saturated carbocycles. The number of carbonyl (C=O) groups is 2. The Labute approximate surface area is 170 Å². The summed E-state index contributed by atoms with van der Waals surface area (Å²) in [6, 6.07) is 14.3. The summed E-state index contributed by atoms with van der Waals surface area (Å²) in [5.41, 5.74) is 2.22. The fourth-order valence-electron chi connectivity index (χ4n) is 2.58. The number of nitrogens with zero attached hydrogens (tertiary/aromatic N) is 6. The van der Waals surface area contributed by atoms with Gasteiger partial charge in [-0.25, -0.2) is 0 Å². The second-order valence-corrected chi connectivity index (χ2v) is 6.64. The SMILES string of the molecule is CC(=O)c1ccccc1N=NN(C)CCCN(C)N=Nc1ccccc1C(C)=O. The van der Waals surface area contributed by atoms with Gasteiger partial charge in [0.1, 0.15) is 0 Å². The maximum atomic E-state index is 11.6. The third-order valence-electron chi connectivity index (χ3n) is 4.14. The van der Waals surface area contributed by atoms with Crippen LogP contribution in [0.2, 0.25) is 0 Å². The highest BCUT2D eigenvalue weighted by Crippen LogP contribution is 2.20. The molecule has 0 heterocycles. The molecule has 0 bridgehead atoms. The molecule has 8 heteroatoms. The Kier molecular flexibility index (Phi) is 8.14. The van der Waals surface area contributed by atoms with Crippen LogP contribution in [0.4, 0.5) is 11.4 Å². The third kappa shape index (κ3) is 6.91. The van der Waals surface area contributed by atoms with E-state index in [2.05, 4.69) is 20.7 Å². The summed E-state index contributed by atoms with van der Waals surface area (Å²) >= 11 is 0. The van der Waals surface area contributed by atoms with Crippen molar-refractivity contribution in [2.24, 2.45) is 20.7 Å². The van der Waals surface area contributed by atoms with Crippen molar-refractivity contribution in [3.63, 3.8) is 0 Å². The van der Waals surface area contributed by atoms with Crippen molar-refractivity contribution in [2.45, 2.75) is 20.3 Å². The average molecular weight is 394 g/mol. The van der Waals surface area contributed by atoms with E-state index in [4.69, 9.17) is 0 Å². The minimum absolute atomic E-state index is 0.0412. The van der Waals surface area contributed by atoms with E-state index >= 15 is 0 Å². The predicted molar refractivity (Wildman–Crippen MR) is 112 cm³/mol. The summed E-state index contributed by atoms with van der Waals surface area (Å²) in [5, 5.41) is 20.1. The van der Waals surface area contributed by atoms with Gasteiger partial charge in [0, 0.05) is 38.3 Å². The molecule has 0 aliphatic carbocycles. The van der Waals surface area contributed by atoms with Gasteiger partial charge < -0.3 is 0 Å². The number of benzene rings is 2. The van der Waals surface area contributed by atoms with E-state index < -0.39 is 0 Å². The normalized spacial score (nSPS) is 11.2. The van der Waals surface area contributed by atoms with Gasteiger partial charge in [-0.05, 0) is 44.5 Å². The van der Waals surface area contributed by atoms with E-state index in [-0.39, 0.29) is 11.6 Å². The van der Waals surface area contributed by atoms with Crippen molar-refractivity contribution in [3.8, 4) is 0 Å². The molecule has 0 aromatic heterocycles. The van der Waals surface area contributed by atoms with Gasteiger partial charge in [-0.15, -0.1) is 10.2 Å². The molecule has 0 saturated heterocycles. The quantitative estimate of drug-likeness (QED) is 0.321. The second kappa shape index (κ2) is 10.8. The van der Waals surface area contributed by atoms with Crippen molar-refractivity contribution in [3.05, 3.63) is 59.7 Å². The molecule has 29 heavy (non-hydrogen) atoms. The van der Waals surface area contributed by atoms with E-state index in [1.165, 1.54) is 13.8 Å². The van der Waals surface area contributed by atoms with Crippen LogP contribution in [0.25, 0.3) is 0 Å². The highest BCUT2D eigenvalue weighted by atomic mass is 16.1. The zero-order valence-corrected chi connectivity index (χ0v) is 17.2. The first-order valence-corrected chi connectivity index (χ1v) is 9.34. The first-order valence-electron chi connectivity index (χ1n) is 9.34. The number of carbonyl (C=O) groups excluding carboxylic acids is 2. The van der Waals surface area contributed by atoms with Gasteiger partial charge in [0.05, 0.1) is 11.4 Å². The lowest BCUT2D eigenvalue weighted by molar-refractivity contribution is 0.101. The molecule has 0 spiro atoms. The lowest BCUT2D eigenvalue weighted by atomic mass is 10.1. The third-order valence-corrected chi connectivity index (χ3v) is 4.14. The van der Waals surface area contributed by atoms with Crippen LogP contribution in [0.1, 0.15) is 41.0 Å². The fourth-order valence-corrected chi connectivity index (χ4v) is 2.58. The monoisotopic (exact) mass is 394 g/mol. The van der Waals surface area contributed by atoms with Gasteiger partial charge in [0.2, 0.25) is 0 Å². The van der Waals surface area contributed by atoms with Crippen molar-refractivity contribution >= 4 is 22.9 Å². The van der Waals surface area contributed by atoms with E-state index in [9.17, 15) is 9.59 Å². The van der Waals surface area contributed by atoms with E-state index in [1.807, 2.05) is 26.2 Å². The second-order valence-electron chi connectivity index (χ2n) is 6.64. The molecule has 0 N–H and O–H groups in total. The van der Waals surface area contributed by atoms with Crippen molar-refractivity contribution in [1.82, 2.24) is 10.0 Å². The summed E-state index contributed by atoms with van der Waals surface area (Å²) in [6.07, 6.45) is 0.785. The molecule has 0 amide bonds. The molecule has 0 radical (unpaired) electrons. The Balaban J connectivity index is 1.84.